The first-order chi connectivity index (χ1) is 16.5. The Hall–Kier alpha value is -4.24. The fourth-order valence-corrected chi connectivity index (χ4v) is 4.40. The molecule has 3 heterocycles. The van der Waals surface area contributed by atoms with Crippen LogP contribution in [0.4, 0.5) is 4.79 Å². The van der Waals surface area contributed by atoms with Crippen LogP contribution in [-0.4, -0.2) is 52.6 Å². The molecule has 0 radical (unpaired) electrons. The first-order valence-electron chi connectivity index (χ1n) is 10.8. The van der Waals surface area contributed by atoms with E-state index in [1.807, 2.05) is 24.3 Å². The summed E-state index contributed by atoms with van der Waals surface area (Å²) in [6.45, 7) is 0.268. The maximum atomic E-state index is 13.2. The van der Waals surface area contributed by atoms with Crippen LogP contribution in [0.15, 0.2) is 67.0 Å². The van der Waals surface area contributed by atoms with Crippen molar-refractivity contribution in [3.05, 3.63) is 83.7 Å². The van der Waals surface area contributed by atoms with Crippen molar-refractivity contribution >= 4 is 17.8 Å². The van der Waals surface area contributed by atoms with Crippen LogP contribution in [0.1, 0.15) is 21.5 Å². The second-order valence-electron chi connectivity index (χ2n) is 8.18. The lowest BCUT2D eigenvalue weighted by molar-refractivity contribution is -0.124. The molecule has 3 N–H and O–H groups in total. The second kappa shape index (κ2) is 8.60. The maximum Gasteiger partial charge on any atom is 0.322 e. The number of nitrogens with one attached hydrogen (secondary N) is 2. The summed E-state index contributed by atoms with van der Waals surface area (Å²) in [5.41, 5.74) is 2.34. The van der Waals surface area contributed by atoms with Gasteiger partial charge in [0.2, 0.25) is 0 Å². The fraction of sp³-hybridized carbons (Fsp3) is 0.200. The molecule has 1 atom stereocenters. The predicted octanol–water partition coefficient (Wildman–Crippen LogP) is 1.81. The molecular formula is C25H22N4O5. The number of nitrogens with zero attached hydrogens (tertiary/aromatic N) is 2. The fourth-order valence-electron chi connectivity index (χ4n) is 4.40. The number of imide groups is 1. The number of hydrogen-bond acceptors (Lipinski definition) is 6. The highest BCUT2D eigenvalue weighted by Gasteiger charge is 2.50. The van der Waals surface area contributed by atoms with Crippen LogP contribution in [0.5, 0.6) is 5.75 Å². The number of fused-ring (bicyclic) bond motifs is 1. The number of pyridine rings is 1. The van der Waals surface area contributed by atoms with Crippen molar-refractivity contribution in [2.24, 2.45) is 0 Å². The summed E-state index contributed by atoms with van der Waals surface area (Å²) in [4.78, 5) is 43.9. The summed E-state index contributed by atoms with van der Waals surface area (Å²) < 4.78 is 5.42. The van der Waals surface area contributed by atoms with Gasteiger partial charge in [-0.2, -0.15) is 0 Å². The van der Waals surface area contributed by atoms with Crippen molar-refractivity contribution in [3.8, 4) is 16.9 Å². The van der Waals surface area contributed by atoms with E-state index < -0.39 is 17.5 Å². The molecule has 0 bridgehead atoms. The maximum absolute atomic E-state index is 13.2. The zero-order valence-corrected chi connectivity index (χ0v) is 18.2. The zero-order chi connectivity index (χ0) is 23.7. The highest BCUT2D eigenvalue weighted by molar-refractivity contribution is 6.08. The average molecular weight is 458 g/mol. The molecule has 1 saturated heterocycles. The minimum absolute atomic E-state index is 0.0283. The van der Waals surface area contributed by atoms with Crippen molar-refractivity contribution in [1.82, 2.24) is 20.5 Å². The van der Waals surface area contributed by atoms with Gasteiger partial charge in [0.1, 0.15) is 12.4 Å². The number of carbonyl (C=O) groups is 3. The van der Waals surface area contributed by atoms with Crippen molar-refractivity contribution in [1.29, 1.82) is 0 Å². The molecular weight excluding hydrogens is 436 g/mol. The normalized spacial score (nSPS) is 19.1. The number of hydrogen-bond donors (Lipinski definition) is 3. The summed E-state index contributed by atoms with van der Waals surface area (Å²) in [6, 6.07) is 15.6. The number of aliphatic hydroxyl groups excluding tert-OH is 1. The van der Waals surface area contributed by atoms with Crippen LogP contribution in [0.25, 0.3) is 11.1 Å². The Bertz CT molecular complexity index is 1260. The number of amides is 4. The summed E-state index contributed by atoms with van der Waals surface area (Å²) >= 11 is 0. The molecule has 3 aromatic rings. The Balaban J connectivity index is 1.44. The molecule has 9 heteroatoms. The first-order valence-corrected chi connectivity index (χ1v) is 10.8. The van der Waals surface area contributed by atoms with E-state index >= 15 is 0 Å². The average Bonchev–Trinajstić information content (AvgIpc) is 3.33. The number of rotatable bonds is 7. The smallest absolute Gasteiger partial charge is 0.322 e. The lowest BCUT2D eigenvalue weighted by Crippen LogP contribution is -2.52. The Labute approximate surface area is 195 Å². The van der Waals surface area contributed by atoms with E-state index in [9.17, 15) is 14.4 Å². The first kappa shape index (κ1) is 21.6. The molecule has 2 aliphatic heterocycles. The van der Waals surface area contributed by atoms with Crippen LogP contribution >= 0.6 is 0 Å². The molecule has 172 valence electrons. The van der Waals surface area contributed by atoms with Crippen molar-refractivity contribution < 1.29 is 24.2 Å². The van der Waals surface area contributed by atoms with Gasteiger partial charge < -0.3 is 20.1 Å². The van der Waals surface area contributed by atoms with Crippen molar-refractivity contribution in [2.75, 3.05) is 19.8 Å². The van der Waals surface area contributed by atoms with Crippen LogP contribution in [-0.2, 0) is 16.9 Å². The monoisotopic (exact) mass is 458 g/mol. The number of ether oxygens (including phenoxy) is 1. The van der Waals surface area contributed by atoms with Gasteiger partial charge in [0.25, 0.3) is 11.8 Å². The highest BCUT2D eigenvalue weighted by Crippen LogP contribution is 2.33. The number of aliphatic hydroxyl groups is 1. The summed E-state index contributed by atoms with van der Waals surface area (Å²) in [7, 11) is 0. The molecule has 0 aliphatic carbocycles. The summed E-state index contributed by atoms with van der Waals surface area (Å²) in [6.07, 6.45) is 3.40. The van der Waals surface area contributed by atoms with Gasteiger partial charge in [0.05, 0.1) is 13.2 Å². The Kier molecular flexibility index (Phi) is 5.46. The third kappa shape index (κ3) is 3.75. The molecule has 4 amide bonds. The van der Waals surface area contributed by atoms with Crippen LogP contribution in [0, 0.1) is 0 Å². The topological polar surface area (TPSA) is 121 Å². The number of urea groups is 1. The number of aromatic nitrogens is 1. The van der Waals surface area contributed by atoms with E-state index in [2.05, 4.69) is 15.6 Å². The van der Waals surface area contributed by atoms with Gasteiger partial charge in [0.15, 0.2) is 5.54 Å². The standard InChI is InChI=1S/C25H22N4O5/c30-11-12-34-20-6-3-18-14-29(22(31)21(18)13-20)15-25(23(32)27-24(33)28-25)19-4-1-16(2-5-19)17-7-9-26-10-8-17/h1-10,13,30H,11-12,14-15H2,(H2,27,28,32,33)/t25-/m0/s1. The lowest BCUT2D eigenvalue weighted by atomic mass is 9.88. The Morgan fingerprint density at radius 2 is 1.74 bits per heavy atom. The van der Waals surface area contributed by atoms with E-state index in [0.717, 1.165) is 16.7 Å². The quantitative estimate of drug-likeness (QED) is 0.465. The molecule has 2 aromatic carbocycles. The van der Waals surface area contributed by atoms with Gasteiger partial charge in [-0.15, -0.1) is 0 Å². The molecule has 0 spiro atoms. The van der Waals surface area contributed by atoms with E-state index in [1.54, 1.807) is 47.6 Å². The minimum Gasteiger partial charge on any atom is -0.491 e. The number of benzene rings is 2. The Morgan fingerprint density at radius 3 is 2.41 bits per heavy atom. The third-order valence-corrected chi connectivity index (χ3v) is 6.08. The van der Waals surface area contributed by atoms with Gasteiger partial charge in [-0.3, -0.25) is 19.9 Å². The molecule has 9 nitrogen and oxygen atoms in total. The zero-order valence-electron chi connectivity index (χ0n) is 18.2. The van der Waals surface area contributed by atoms with E-state index in [-0.39, 0.29) is 25.7 Å². The van der Waals surface area contributed by atoms with Gasteiger partial charge in [-0.05, 0) is 46.5 Å². The number of carbonyl (C=O) groups excluding carboxylic acids is 3. The third-order valence-electron chi connectivity index (χ3n) is 6.08. The van der Waals surface area contributed by atoms with Gasteiger partial charge in [-0.1, -0.05) is 30.3 Å². The molecule has 0 saturated carbocycles. The molecule has 2 aliphatic rings. The van der Waals surface area contributed by atoms with Crippen molar-refractivity contribution in [3.63, 3.8) is 0 Å². The molecule has 5 rings (SSSR count). The molecule has 34 heavy (non-hydrogen) atoms. The van der Waals surface area contributed by atoms with Gasteiger partial charge in [0, 0.05) is 24.5 Å². The molecule has 1 fully saturated rings. The summed E-state index contributed by atoms with van der Waals surface area (Å²) in [5.74, 6) is -0.285. The SMILES string of the molecule is O=C1NC(=O)[C@](CN2Cc3ccc(OCCO)cc3C2=O)(c2ccc(-c3ccncc3)cc2)N1. The van der Waals surface area contributed by atoms with Crippen LogP contribution in [0.3, 0.4) is 0 Å². The highest BCUT2D eigenvalue weighted by atomic mass is 16.5. The van der Waals surface area contributed by atoms with Crippen molar-refractivity contribution in [2.45, 2.75) is 12.1 Å². The molecule has 1 aromatic heterocycles. The molecule has 0 unspecified atom stereocenters. The predicted molar refractivity (Wildman–Crippen MR) is 122 cm³/mol. The second-order valence-corrected chi connectivity index (χ2v) is 8.18. The Morgan fingerprint density at radius 1 is 1.00 bits per heavy atom. The van der Waals surface area contributed by atoms with E-state index in [4.69, 9.17) is 9.84 Å². The van der Waals surface area contributed by atoms with Crippen LogP contribution < -0.4 is 15.4 Å². The minimum atomic E-state index is -1.41. The van der Waals surface area contributed by atoms with E-state index in [1.165, 1.54) is 0 Å². The van der Waals surface area contributed by atoms with Gasteiger partial charge in [-0.25, -0.2) is 4.79 Å². The largest absolute Gasteiger partial charge is 0.491 e. The lowest BCUT2D eigenvalue weighted by Gasteiger charge is -2.31. The van der Waals surface area contributed by atoms with Gasteiger partial charge >= 0.3 is 6.03 Å². The summed E-state index contributed by atoms with van der Waals surface area (Å²) in [5, 5.41) is 14.0. The van der Waals surface area contributed by atoms with E-state index in [0.29, 0.717) is 23.4 Å². The van der Waals surface area contributed by atoms with Crippen LogP contribution in [0.2, 0.25) is 0 Å².